The van der Waals surface area contributed by atoms with Crippen molar-refractivity contribution in [2.75, 3.05) is 32.5 Å². The predicted octanol–water partition coefficient (Wildman–Crippen LogP) is 3.06. The molecule has 1 aromatic carbocycles. The normalized spacial score (nSPS) is 16.7. The number of nitrogens with one attached hydrogen (secondary N) is 1. The van der Waals surface area contributed by atoms with E-state index in [4.69, 9.17) is 4.74 Å². The van der Waals surface area contributed by atoms with Gasteiger partial charge in [-0.25, -0.2) is 13.1 Å². The van der Waals surface area contributed by atoms with Crippen LogP contribution >= 0.6 is 11.3 Å². The molecule has 1 aliphatic heterocycles. The maximum atomic E-state index is 12.5. The molecule has 26 heavy (non-hydrogen) atoms. The fourth-order valence-corrected chi connectivity index (χ4v) is 5.07. The first-order chi connectivity index (χ1) is 12.6. The zero-order valence-corrected chi connectivity index (χ0v) is 16.7. The minimum atomic E-state index is -3.32. The minimum absolute atomic E-state index is 0.0929. The maximum absolute atomic E-state index is 12.5. The number of sulfonamides is 1. The van der Waals surface area contributed by atoms with Gasteiger partial charge in [0, 0.05) is 12.6 Å². The second-order valence-electron chi connectivity index (χ2n) is 6.58. The Kier molecular flexibility index (Phi) is 6.69. The van der Waals surface area contributed by atoms with Crippen LogP contribution in [-0.2, 0) is 16.4 Å². The van der Waals surface area contributed by atoms with Crippen LogP contribution in [0.1, 0.15) is 30.0 Å². The van der Waals surface area contributed by atoms with Crippen LogP contribution in [0.4, 0.5) is 0 Å². The van der Waals surface area contributed by atoms with E-state index in [2.05, 4.69) is 26.4 Å². The molecule has 7 heteroatoms. The summed E-state index contributed by atoms with van der Waals surface area (Å²) in [6, 6.07) is 9.75. The van der Waals surface area contributed by atoms with Crippen LogP contribution in [0.25, 0.3) is 0 Å². The standard InChI is InChI=1S/C19H26N2O3S2/c1-24-18-6-4-16(5-7-18)9-13-26(22,23)20-14-19(17-8-12-25-15-17)21-10-2-3-11-21/h4-8,12,15,19-20H,2-3,9-11,13-14H2,1H3. The van der Waals surface area contributed by atoms with Gasteiger partial charge in [-0.3, -0.25) is 4.90 Å². The molecule has 1 fully saturated rings. The summed E-state index contributed by atoms with van der Waals surface area (Å²) in [6.45, 7) is 2.50. The highest BCUT2D eigenvalue weighted by atomic mass is 32.2. The molecule has 0 bridgehead atoms. The molecule has 0 spiro atoms. The minimum Gasteiger partial charge on any atom is -0.497 e. The lowest BCUT2D eigenvalue weighted by molar-refractivity contribution is 0.247. The van der Waals surface area contributed by atoms with Crippen LogP contribution in [0.5, 0.6) is 5.75 Å². The van der Waals surface area contributed by atoms with Crippen molar-refractivity contribution in [1.82, 2.24) is 9.62 Å². The Morgan fingerprint density at radius 3 is 2.54 bits per heavy atom. The first-order valence-corrected chi connectivity index (χ1v) is 11.5. The largest absolute Gasteiger partial charge is 0.497 e. The van der Waals surface area contributed by atoms with Crippen molar-refractivity contribution in [3.05, 3.63) is 52.2 Å². The molecule has 3 rings (SSSR count). The molecule has 2 heterocycles. The Balaban J connectivity index is 1.56. The van der Waals surface area contributed by atoms with E-state index in [1.54, 1.807) is 18.4 Å². The molecule has 1 atom stereocenters. The third kappa shape index (κ3) is 5.30. The molecule has 142 valence electrons. The van der Waals surface area contributed by atoms with Gasteiger partial charge in [-0.1, -0.05) is 12.1 Å². The van der Waals surface area contributed by atoms with Crippen LogP contribution in [0.3, 0.4) is 0 Å². The van der Waals surface area contributed by atoms with E-state index < -0.39 is 10.0 Å². The number of methoxy groups -OCH3 is 1. The molecule has 0 aliphatic carbocycles. The topological polar surface area (TPSA) is 58.6 Å². The quantitative estimate of drug-likeness (QED) is 0.710. The lowest BCUT2D eigenvalue weighted by Gasteiger charge is -2.27. The summed E-state index contributed by atoms with van der Waals surface area (Å²) in [4.78, 5) is 2.38. The van der Waals surface area contributed by atoms with E-state index in [1.165, 1.54) is 18.4 Å². The van der Waals surface area contributed by atoms with E-state index in [-0.39, 0.29) is 11.8 Å². The van der Waals surface area contributed by atoms with Crippen molar-refractivity contribution in [3.8, 4) is 5.75 Å². The maximum Gasteiger partial charge on any atom is 0.211 e. The van der Waals surface area contributed by atoms with Gasteiger partial charge in [0.15, 0.2) is 0 Å². The summed E-state index contributed by atoms with van der Waals surface area (Å²) in [5.41, 5.74) is 2.19. The second-order valence-corrected chi connectivity index (χ2v) is 9.29. The Bertz CT molecular complexity index is 768. The number of hydrogen-bond donors (Lipinski definition) is 1. The van der Waals surface area contributed by atoms with Crippen LogP contribution < -0.4 is 9.46 Å². The molecule has 0 amide bonds. The highest BCUT2D eigenvalue weighted by Crippen LogP contribution is 2.26. The van der Waals surface area contributed by atoms with Gasteiger partial charge >= 0.3 is 0 Å². The molecule has 1 aliphatic rings. The number of thiophene rings is 1. The predicted molar refractivity (Wildman–Crippen MR) is 106 cm³/mol. The molecule has 1 unspecified atom stereocenters. The molecular weight excluding hydrogens is 368 g/mol. The van der Waals surface area contributed by atoms with E-state index in [9.17, 15) is 8.42 Å². The van der Waals surface area contributed by atoms with Crippen LogP contribution in [0.15, 0.2) is 41.1 Å². The number of ether oxygens (including phenoxy) is 1. The molecule has 1 saturated heterocycles. The summed E-state index contributed by atoms with van der Waals surface area (Å²) < 4.78 is 32.9. The number of aryl methyl sites for hydroxylation is 1. The van der Waals surface area contributed by atoms with Crippen molar-refractivity contribution in [2.24, 2.45) is 0 Å². The second kappa shape index (κ2) is 8.99. The summed E-state index contributed by atoms with van der Waals surface area (Å²) in [5.74, 6) is 0.870. The summed E-state index contributed by atoms with van der Waals surface area (Å²) in [6.07, 6.45) is 2.86. The first-order valence-electron chi connectivity index (χ1n) is 8.94. The van der Waals surface area contributed by atoms with Crippen LogP contribution in [-0.4, -0.2) is 45.8 Å². The van der Waals surface area contributed by atoms with Gasteiger partial charge in [0.2, 0.25) is 10.0 Å². The summed E-state index contributed by atoms with van der Waals surface area (Å²) >= 11 is 1.66. The molecule has 2 aromatic rings. The van der Waals surface area contributed by atoms with Gasteiger partial charge in [-0.15, -0.1) is 0 Å². The monoisotopic (exact) mass is 394 g/mol. The lowest BCUT2D eigenvalue weighted by atomic mass is 10.1. The van der Waals surface area contributed by atoms with Crippen molar-refractivity contribution in [3.63, 3.8) is 0 Å². The number of rotatable bonds is 9. The van der Waals surface area contributed by atoms with Gasteiger partial charge in [0.05, 0.1) is 12.9 Å². The van der Waals surface area contributed by atoms with Crippen molar-refractivity contribution in [2.45, 2.75) is 25.3 Å². The molecule has 1 N–H and O–H groups in total. The fraction of sp³-hybridized carbons (Fsp3) is 0.474. The van der Waals surface area contributed by atoms with Crippen molar-refractivity contribution in [1.29, 1.82) is 0 Å². The summed E-state index contributed by atoms with van der Waals surface area (Å²) in [5, 5.41) is 4.17. The Hall–Kier alpha value is -1.41. The number of nitrogens with zero attached hydrogens (tertiary/aromatic N) is 1. The Morgan fingerprint density at radius 1 is 1.19 bits per heavy atom. The third-order valence-electron chi connectivity index (χ3n) is 4.82. The van der Waals surface area contributed by atoms with Crippen LogP contribution in [0, 0.1) is 0 Å². The molecule has 5 nitrogen and oxygen atoms in total. The smallest absolute Gasteiger partial charge is 0.211 e. The van der Waals surface area contributed by atoms with E-state index in [0.717, 1.165) is 24.4 Å². The molecule has 0 saturated carbocycles. The van der Waals surface area contributed by atoms with Gasteiger partial charge in [0.1, 0.15) is 5.75 Å². The first kappa shape index (κ1) is 19.4. The average molecular weight is 395 g/mol. The fourth-order valence-electron chi connectivity index (χ4n) is 3.30. The highest BCUT2D eigenvalue weighted by molar-refractivity contribution is 7.89. The number of hydrogen-bond acceptors (Lipinski definition) is 5. The SMILES string of the molecule is COc1ccc(CCS(=O)(=O)NCC(c2ccsc2)N2CCCC2)cc1. The zero-order chi connectivity index (χ0) is 18.4. The van der Waals surface area contributed by atoms with E-state index in [1.807, 2.05) is 24.3 Å². The Labute approximate surface area is 160 Å². The highest BCUT2D eigenvalue weighted by Gasteiger charge is 2.25. The molecule has 1 aromatic heterocycles. The van der Waals surface area contributed by atoms with Gasteiger partial charge < -0.3 is 4.74 Å². The lowest BCUT2D eigenvalue weighted by Crippen LogP contribution is -2.37. The third-order valence-corrected chi connectivity index (χ3v) is 6.87. The van der Waals surface area contributed by atoms with Gasteiger partial charge in [-0.05, 0) is 72.4 Å². The number of benzene rings is 1. The van der Waals surface area contributed by atoms with Gasteiger partial charge in [-0.2, -0.15) is 11.3 Å². The van der Waals surface area contributed by atoms with Crippen molar-refractivity contribution >= 4 is 21.4 Å². The van der Waals surface area contributed by atoms with E-state index in [0.29, 0.717) is 13.0 Å². The Morgan fingerprint density at radius 2 is 1.92 bits per heavy atom. The number of likely N-dealkylation sites (tertiary alicyclic amines) is 1. The van der Waals surface area contributed by atoms with E-state index >= 15 is 0 Å². The zero-order valence-electron chi connectivity index (χ0n) is 15.1. The average Bonchev–Trinajstić information content (AvgIpc) is 3.35. The summed E-state index contributed by atoms with van der Waals surface area (Å²) in [7, 11) is -1.70. The van der Waals surface area contributed by atoms with Crippen LogP contribution in [0.2, 0.25) is 0 Å². The van der Waals surface area contributed by atoms with Gasteiger partial charge in [0.25, 0.3) is 0 Å². The molecular formula is C19H26N2O3S2. The molecule has 0 radical (unpaired) electrons. The van der Waals surface area contributed by atoms with Crippen molar-refractivity contribution < 1.29 is 13.2 Å².